The summed E-state index contributed by atoms with van der Waals surface area (Å²) in [6.45, 7) is 1.07. The number of amides is 2. The molecule has 0 spiro atoms. The van der Waals surface area contributed by atoms with Crippen molar-refractivity contribution >= 4 is 29.3 Å². The normalized spacial score (nSPS) is 11.7. The SMILES string of the molecule is COc1ccc(-n2nnnc2S[C@H](C)C(=O)NCC(=O)Nc2ccc(F)c(F)c2F)cc1. The highest BCUT2D eigenvalue weighted by atomic mass is 32.2. The van der Waals surface area contributed by atoms with Gasteiger partial charge in [-0.3, -0.25) is 9.59 Å². The van der Waals surface area contributed by atoms with Crippen LogP contribution in [0, 0.1) is 17.5 Å². The molecule has 168 valence electrons. The Balaban J connectivity index is 1.56. The number of carbonyl (C=O) groups is 2. The Morgan fingerprint density at radius 2 is 1.84 bits per heavy atom. The van der Waals surface area contributed by atoms with E-state index in [1.807, 2.05) is 0 Å². The molecule has 2 aromatic carbocycles. The number of methoxy groups -OCH3 is 1. The Hall–Kier alpha value is -3.61. The van der Waals surface area contributed by atoms with E-state index < -0.39 is 46.7 Å². The van der Waals surface area contributed by atoms with Gasteiger partial charge in [0.05, 0.1) is 30.3 Å². The molecule has 3 rings (SSSR count). The first-order valence-electron chi connectivity index (χ1n) is 9.10. The quantitative estimate of drug-likeness (QED) is 0.387. The highest BCUT2D eigenvalue weighted by Gasteiger charge is 2.21. The summed E-state index contributed by atoms with van der Waals surface area (Å²) in [6.07, 6.45) is 0. The summed E-state index contributed by atoms with van der Waals surface area (Å²) in [7, 11) is 1.54. The summed E-state index contributed by atoms with van der Waals surface area (Å²) in [6, 6.07) is 8.51. The lowest BCUT2D eigenvalue weighted by Crippen LogP contribution is -2.37. The topological polar surface area (TPSA) is 111 Å². The standard InChI is InChI=1S/C19H17F3N6O3S/c1-10(32-19-25-26-27-28(19)11-3-5-12(31-2)6-4-11)18(30)23-9-15(29)24-14-8-7-13(20)16(21)17(14)22/h3-8,10H,9H2,1-2H3,(H,23,30)(H,24,29)/t10-/m1/s1. The van der Waals surface area contributed by atoms with E-state index in [4.69, 9.17) is 4.74 Å². The van der Waals surface area contributed by atoms with Gasteiger partial charge in [0.2, 0.25) is 17.0 Å². The molecule has 0 aliphatic heterocycles. The third kappa shape index (κ3) is 5.35. The van der Waals surface area contributed by atoms with Crippen LogP contribution < -0.4 is 15.4 Å². The molecule has 0 saturated carbocycles. The number of benzene rings is 2. The van der Waals surface area contributed by atoms with E-state index in [9.17, 15) is 22.8 Å². The van der Waals surface area contributed by atoms with Crippen molar-refractivity contribution in [3.8, 4) is 11.4 Å². The Labute approximate surface area is 184 Å². The summed E-state index contributed by atoms with van der Waals surface area (Å²) in [5, 5.41) is 15.5. The van der Waals surface area contributed by atoms with Crippen molar-refractivity contribution in [2.75, 3.05) is 19.0 Å². The number of anilines is 1. The van der Waals surface area contributed by atoms with E-state index in [0.29, 0.717) is 22.7 Å². The highest BCUT2D eigenvalue weighted by molar-refractivity contribution is 8.00. The third-order valence-corrected chi connectivity index (χ3v) is 5.17. The van der Waals surface area contributed by atoms with Crippen LogP contribution in [0.3, 0.4) is 0 Å². The molecule has 2 amide bonds. The summed E-state index contributed by atoms with van der Waals surface area (Å²) >= 11 is 1.05. The van der Waals surface area contributed by atoms with Crippen LogP contribution in [-0.2, 0) is 9.59 Å². The van der Waals surface area contributed by atoms with Crippen LogP contribution in [0.1, 0.15) is 6.92 Å². The molecule has 13 heteroatoms. The van der Waals surface area contributed by atoms with Crippen molar-refractivity contribution in [3.05, 3.63) is 53.8 Å². The predicted molar refractivity (Wildman–Crippen MR) is 109 cm³/mol. The molecule has 1 aromatic heterocycles. The fraction of sp³-hybridized carbons (Fsp3) is 0.211. The number of ether oxygens (including phenoxy) is 1. The van der Waals surface area contributed by atoms with Crippen molar-refractivity contribution in [1.29, 1.82) is 0 Å². The number of rotatable bonds is 8. The van der Waals surface area contributed by atoms with Crippen molar-refractivity contribution in [1.82, 2.24) is 25.5 Å². The molecule has 0 unspecified atom stereocenters. The van der Waals surface area contributed by atoms with Crippen LogP contribution in [0.4, 0.5) is 18.9 Å². The molecule has 32 heavy (non-hydrogen) atoms. The van der Waals surface area contributed by atoms with E-state index in [0.717, 1.165) is 17.8 Å². The maximum absolute atomic E-state index is 13.6. The minimum atomic E-state index is -1.70. The van der Waals surface area contributed by atoms with Crippen LogP contribution >= 0.6 is 11.8 Å². The third-order valence-electron chi connectivity index (χ3n) is 4.14. The van der Waals surface area contributed by atoms with Gasteiger partial charge in [-0.1, -0.05) is 11.8 Å². The number of hydrogen-bond acceptors (Lipinski definition) is 7. The Morgan fingerprint density at radius 1 is 1.12 bits per heavy atom. The summed E-state index contributed by atoms with van der Waals surface area (Å²) < 4.78 is 46.4. The Kier molecular flexibility index (Phi) is 7.30. The van der Waals surface area contributed by atoms with Gasteiger partial charge in [-0.25, -0.2) is 13.2 Å². The average Bonchev–Trinajstić information content (AvgIpc) is 3.25. The zero-order valence-electron chi connectivity index (χ0n) is 16.8. The molecule has 1 atom stereocenters. The maximum atomic E-state index is 13.6. The monoisotopic (exact) mass is 466 g/mol. The molecule has 0 aliphatic rings. The number of nitrogens with one attached hydrogen (secondary N) is 2. The number of halogens is 3. The van der Waals surface area contributed by atoms with E-state index in [1.54, 1.807) is 38.3 Å². The van der Waals surface area contributed by atoms with Gasteiger partial charge in [-0.2, -0.15) is 4.68 Å². The van der Waals surface area contributed by atoms with Gasteiger partial charge in [0.15, 0.2) is 17.5 Å². The van der Waals surface area contributed by atoms with Gasteiger partial charge in [0.25, 0.3) is 0 Å². The second-order valence-corrected chi connectivity index (χ2v) is 7.63. The van der Waals surface area contributed by atoms with Gasteiger partial charge < -0.3 is 15.4 Å². The molecule has 2 N–H and O–H groups in total. The van der Waals surface area contributed by atoms with Gasteiger partial charge >= 0.3 is 0 Å². The first-order chi connectivity index (χ1) is 15.3. The molecule has 3 aromatic rings. The molecule has 9 nitrogen and oxygen atoms in total. The summed E-state index contributed by atoms with van der Waals surface area (Å²) in [4.78, 5) is 24.3. The lowest BCUT2D eigenvalue weighted by atomic mass is 10.2. The first-order valence-corrected chi connectivity index (χ1v) is 9.98. The number of nitrogens with zero attached hydrogens (tertiary/aromatic N) is 4. The molecule has 0 fully saturated rings. The molecule has 0 saturated heterocycles. The Morgan fingerprint density at radius 3 is 2.53 bits per heavy atom. The molecule has 0 radical (unpaired) electrons. The van der Waals surface area contributed by atoms with Crippen LogP contribution in [0.5, 0.6) is 5.75 Å². The summed E-state index contributed by atoms with van der Waals surface area (Å²) in [5.74, 6) is -5.28. The van der Waals surface area contributed by atoms with Crippen molar-refractivity contribution < 1.29 is 27.5 Å². The summed E-state index contributed by atoms with van der Waals surface area (Å²) in [5.41, 5.74) is 0.114. The zero-order chi connectivity index (χ0) is 23.3. The fourth-order valence-corrected chi connectivity index (χ4v) is 3.31. The van der Waals surface area contributed by atoms with E-state index >= 15 is 0 Å². The second kappa shape index (κ2) is 10.1. The fourth-order valence-electron chi connectivity index (χ4n) is 2.48. The first kappa shape index (κ1) is 23.1. The molecular weight excluding hydrogens is 449 g/mol. The second-order valence-electron chi connectivity index (χ2n) is 6.32. The van der Waals surface area contributed by atoms with E-state index in [2.05, 4.69) is 26.2 Å². The van der Waals surface area contributed by atoms with Crippen LogP contribution in [0.25, 0.3) is 5.69 Å². The number of carbonyl (C=O) groups excluding carboxylic acids is 2. The minimum absolute atomic E-state index is 0.339. The smallest absolute Gasteiger partial charge is 0.243 e. The Bertz CT molecular complexity index is 1130. The van der Waals surface area contributed by atoms with Crippen LogP contribution in [0.15, 0.2) is 41.6 Å². The predicted octanol–water partition coefficient (Wildman–Crippen LogP) is 2.32. The number of hydrogen-bond donors (Lipinski definition) is 2. The molecule has 1 heterocycles. The lowest BCUT2D eigenvalue weighted by Gasteiger charge is -2.12. The van der Waals surface area contributed by atoms with Crippen molar-refractivity contribution in [3.63, 3.8) is 0 Å². The highest BCUT2D eigenvalue weighted by Crippen LogP contribution is 2.24. The number of aromatic nitrogens is 4. The number of thioether (sulfide) groups is 1. The van der Waals surface area contributed by atoms with Gasteiger partial charge in [0.1, 0.15) is 5.75 Å². The van der Waals surface area contributed by atoms with Gasteiger partial charge in [-0.15, -0.1) is 5.10 Å². The molecular formula is C19H17F3N6O3S. The number of tetrazole rings is 1. The minimum Gasteiger partial charge on any atom is -0.497 e. The lowest BCUT2D eigenvalue weighted by molar-refractivity contribution is -0.123. The average molecular weight is 466 g/mol. The maximum Gasteiger partial charge on any atom is 0.243 e. The van der Waals surface area contributed by atoms with Crippen molar-refractivity contribution in [2.45, 2.75) is 17.3 Å². The van der Waals surface area contributed by atoms with Gasteiger partial charge in [-0.05, 0) is 53.7 Å². The van der Waals surface area contributed by atoms with Gasteiger partial charge in [0, 0.05) is 0 Å². The largest absolute Gasteiger partial charge is 0.497 e. The molecule has 0 bridgehead atoms. The van der Waals surface area contributed by atoms with Crippen molar-refractivity contribution in [2.24, 2.45) is 0 Å². The van der Waals surface area contributed by atoms with Crippen LogP contribution in [-0.4, -0.2) is 50.9 Å². The van der Waals surface area contributed by atoms with E-state index in [1.165, 1.54) is 4.68 Å². The van der Waals surface area contributed by atoms with E-state index in [-0.39, 0.29) is 0 Å². The molecule has 0 aliphatic carbocycles. The zero-order valence-corrected chi connectivity index (χ0v) is 17.6. The van der Waals surface area contributed by atoms with Crippen LogP contribution in [0.2, 0.25) is 0 Å².